The first-order chi connectivity index (χ1) is 15.9. The first kappa shape index (κ1) is 21.7. The Balaban J connectivity index is 1.63. The van der Waals surface area contributed by atoms with Gasteiger partial charge in [-0.2, -0.15) is 0 Å². The summed E-state index contributed by atoms with van der Waals surface area (Å²) in [6.45, 7) is 0. The van der Waals surface area contributed by atoms with Gasteiger partial charge < -0.3 is 14.8 Å². The van der Waals surface area contributed by atoms with Crippen LogP contribution < -0.4 is 20.3 Å². The van der Waals surface area contributed by atoms with Crippen molar-refractivity contribution in [2.24, 2.45) is 0 Å². The molecule has 0 unspecified atom stereocenters. The molecular weight excluding hydrogens is 465 g/mol. The molecule has 1 aromatic heterocycles. The number of nitrogens with one attached hydrogen (secondary N) is 3. The Bertz CT molecular complexity index is 1340. The summed E-state index contributed by atoms with van der Waals surface area (Å²) in [5, 5.41) is 9.58. The highest BCUT2D eigenvalue weighted by Crippen LogP contribution is 2.49. The summed E-state index contributed by atoms with van der Waals surface area (Å²) in [6.07, 6.45) is 0.855. The number of carbonyl (C=O) groups is 1. The van der Waals surface area contributed by atoms with Crippen molar-refractivity contribution in [1.82, 2.24) is 10.2 Å². The summed E-state index contributed by atoms with van der Waals surface area (Å²) in [7, 11) is 3.17. The molecule has 0 fully saturated rings. The number of benzene rings is 2. The second kappa shape index (κ2) is 8.32. The van der Waals surface area contributed by atoms with Crippen LogP contribution in [0.4, 0.5) is 5.82 Å². The number of methoxy groups -OCH3 is 2. The molecule has 1 aliphatic carbocycles. The van der Waals surface area contributed by atoms with E-state index in [2.05, 4.69) is 15.5 Å². The van der Waals surface area contributed by atoms with Gasteiger partial charge in [-0.1, -0.05) is 35.3 Å². The number of Topliss-reactive ketones (excluding diaryl/α,β-unsaturated/α-hetero) is 1. The molecular formula is C24H21Cl2N3O4. The van der Waals surface area contributed by atoms with Crippen LogP contribution >= 0.6 is 23.2 Å². The van der Waals surface area contributed by atoms with Gasteiger partial charge in [0.05, 0.1) is 25.7 Å². The normalized spacial score (nSPS) is 19.6. The van der Waals surface area contributed by atoms with E-state index in [1.165, 1.54) is 0 Å². The first-order valence-corrected chi connectivity index (χ1v) is 11.2. The Morgan fingerprint density at radius 2 is 1.64 bits per heavy atom. The molecule has 33 heavy (non-hydrogen) atoms. The molecule has 0 spiro atoms. The topological polar surface area (TPSA) is 96.2 Å². The van der Waals surface area contributed by atoms with Gasteiger partial charge in [0.2, 0.25) is 0 Å². The van der Waals surface area contributed by atoms with Gasteiger partial charge in [-0.05, 0) is 42.2 Å². The third kappa shape index (κ3) is 3.52. The minimum Gasteiger partial charge on any atom is -0.493 e. The van der Waals surface area contributed by atoms with E-state index in [1.807, 2.05) is 18.2 Å². The van der Waals surface area contributed by atoms with Gasteiger partial charge in [-0.3, -0.25) is 19.8 Å². The van der Waals surface area contributed by atoms with E-state index in [0.29, 0.717) is 50.5 Å². The van der Waals surface area contributed by atoms with Gasteiger partial charge in [0.15, 0.2) is 17.3 Å². The van der Waals surface area contributed by atoms with Gasteiger partial charge in [-0.15, -0.1) is 0 Å². The van der Waals surface area contributed by atoms with Crippen molar-refractivity contribution in [3.05, 3.63) is 84.8 Å². The third-order valence-electron chi connectivity index (χ3n) is 6.34. The summed E-state index contributed by atoms with van der Waals surface area (Å²) >= 11 is 13.1. The van der Waals surface area contributed by atoms with Crippen molar-refractivity contribution in [3.8, 4) is 11.5 Å². The van der Waals surface area contributed by atoms with Crippen LogP contribution in [-0.4, -0.2) is 30.2 Å². The Morgan fingerprint density at radius 1 is 0.909 bits per heavy atom. The second-order valence-corrected chi connectivity index (χ2v) is 8.91. The Labute approximate surface area is 199 Å². The van der Waals surface area contributed by atoms with Crippen molar-refractivity contribution in [2.75, 3.05) is 19.5 Å². The smallest absolute Gasteiger partial charge is 0.270 e. The van der Waals surface area contributed by atoms with E-state index in [0.717, 1.165) is 11.3 Å². The average molecular weight is 486 g/mol. The summed E-state index contributed by atoms with van der Waals surface area (Å²) < 4.78 is 10.8. The van der Waals surface area contributed by atoms with Crippen LogP contribution in [0.25, 0.3) is 0 Å². The lowest BCUT2D eigenvalue weighted by molar-refractivity contribution is -0.116. The van der Waals surface area contributed by atoms with Crippen LogP contribution in [0.1, 0.15) is 41.4 Å². The van der Waals surface area contributed by atoms with E-state index >= 15 is 0 Å². The third-order valence-corrected chi connectivity index (χ3v) is 7.00. The van der Waals surface area contributed by atoms with E-state index in [9.17, 15) is 9.59 Å². The number of rotatable bonds is 4. The molecule has 5 rings (SSSR count). The Morgan fingerprint density at radius 3 is 2.33 bits per heavy atom. The highest BCUT2D eigenvalue weighted by Gasteiger charge is 2.42. The molecule has 0 saturated heterocycles. The molecule has 170 valence electrons. The van der Waals surface area contributed by atoms with Crippen LogP contribution in [0.2, 0.25) is 10.0 Å². The maximum absolute atomic E-state index is 13.6. The predicted octanol–water partition coefficient (Wildman–Crippen LogP) is 4.99. The molecule has 7 nitrogen and oxygen atoms in total. The largest absolute Gasteiger partial charge is 0.493 e. The van der Waals surface area contributed by atoms with Crippen molar-refractivity contribution in [3.63, 3.8) is 0 Å². The SMILES string of the molecule is COc1ccc([C@@H]2CC(=O)C3=C(C2)Nc2[nH][nH]c(=O)c2[C@H]3c2c(Cl)cccc2Cl)cc1OC. The fourth-order valence-corrected chi connectivity index (χ4v) is 5.45. The van der Waals surface area contributed by atoms with Gasteiger partial charge in [-0.25, -0.2) is 0 Å². The van der Waals surface area contributed by atoms with Crippen LogP contribution in [0.15, 0.2) is 52.5 Å². The number of aromatic nitrogens is 2. The molecule has 2 heterocycles. The van der Waals surface area contributed by atoms with Crippen molar-refractivity contribution >= 4 is 34.8 Å². The number of ketones is 1. The zero-order valence-corrected chi connectivity index (χ0v) is 19.4. The molecule has 2 aliphatic rings. The zero-order valence-electron chi connectivity index (χ0n) is 17.9. The number of halogens is 2. The molecule has 2 atom stereocenters. The maximum Gasteiger partial charge on any atom is 0.270 e. The van der Waals surface area contributed by atoms with Crippen molar-refractivity contribution in [2.45, 2.75) is 24.7 Å². The van der Waals surface area contributed by atoms with E-state index in [4.69, 9.17) is 32.7 Å². The highest BCUT2D eigenvalue weighted by atomic mass is 35.5. The fourth-order valence-electron chi connectivity index (χ4n) is 4.84. The molecule has 0 bridgehead atoms. The monoisotopic (exact) mass is 485 g/mol. The summed E-state index contributed by atoms with van der Waals surface area (Å²) in [4.78, 5) is 26.3. The number of anilines is 1. The molecule has 1 aliphatic heterocycles. The first-order valence-electron chi connectivity index (χ1n) is 10.4. The van der Waals surface area contributed by atoms with Gasteiger partial charge in [0.1, 0.15) is 5.82 Å². The summed E-state index contributed by atoms with van der Waals surface area (Å²) in [5.41, 5.74) is 2.88. The van der Waals surface area contributed by atoms with Gasteiger partial charge in [0.25, 0.3) is 5.56 Å². The number of ether oxygens (including phenoxy) is 2. The number of fused-ring (bicyclic) bond motifs is 1. The van der Waals surface area contributed by atoms with Gasteiger partial charge in [0, 0.05) is 33.3 Å². The van der Waals surface area contributed by atoms with Crippen molar-refractivity contribution < 1.29 is 14.3 Å². The molecule has 0 radical (unpaired) electrons. The predicted molar refractivity (Wildman–Crippen MR) is 127 cm³/mol. The van der Waals surface area contributed by atoms with Gasteiger partial charge >= 0.3 is 0 Å². The number of hydrogen-bond donors (Lipinski definition) is 3. The van der Waals surface area contributed by atoms with Crippen LogP contribution in [-0.2, 0) is 4.79 Å². The van der Waals surface area contributed by atoms with Crippen LogP contribution in [0, 0.1) is 0 Å². The lowest BCUT2D eigenvalue weighted by atomic mass is 9.72. The molecule has 2 aromatic carbocycles. The van der Waals surface area contributed by atoms with E-state index < -0.39 is 5.92 Å². The minimum atomic E-state index is -0.661. The van der Waals surface area contributed by atoms with Crippen molar-refractivity contribution in [1.29, 1.82) is 0 Å². The van der Waals surface area contributed by atoms with E-state index in [1.54, 1.807) is 32.4 Å². The molecule has 9 heteroatoms. The van der Waals surface area contributed by atoms with Crippen LogP contribution in [0.3, 0.4) is 0 Å². The molecule has 0 amide bonds. The number of allylic oxidation sites excluding steroid dienone is 2. The quantitative estimate of drug-likeness (QED) is 0.483. The average Bonchev–Trinajstić information content (AvgIpc) is 3.18. The number of carbonyl (C=O) groups excluding carboxylic acids is 1. The lowest BCUT2D eigenvalue weighted by Gasteiger charge is -2.35. The maximum atomic E-state index is 13.6. The molecule has 3 N–H and O–H groups in total. The number of H-pyrrole nitrogens is 2. The van der Waals surface area contributed by atoms with E-state index in [-0.39, 0.29) is 23.7 Å². The summed E-state index contributed by atoms with van der Waals surface area (Å²) in [6, 6.07) is 10.8. The highest BCUT2D eigenvalue weighted by molar-refractivity contribution is 6.36. The molecule has 3 aromatic rings. The van der Waals surface area contributed by atoms with Crippen LogP contribution in [0.5, 0.6) is 11.5 Å². The number of hydrogen-bond acceptors (Lipinski definition) is 5. The minimum absolute atomic E-state index is 0.0595. The Hall–Kier alpha value is -3.16. The molecule has 0 saturated carbocycles. The Kier molecular flexibility index (Phi) is 5.46. The summed E-state index contributed by atoms with van der Waals surface area (Å²) in [5.74, 6) is 0.958. The second-order valence-electron chi connectivity index (χ2n) is 8.10. The number of aromatic amines is 2. The lowest BCUT2D eigenvalue weighted by Crippen LogP contribution is -2.31. The zero-order chi connectivity index (χ0) is 23.3. The fraction of sp³-hybridized carbons (Fsp3) is 0.250. The standard InChI is InChI=1S/C24H21Cl2N3O4/c1-32-17-7-6-11(10-18(17)33-2)12-8-15-20(16(30)9-12)21(19-13(25)4-3-5-14(19)26)22-23(27-15)28-29-24(22)31/h3-7,10,12,21H,8-9H2,1-2H3,(H3,27,28,29,31)/t12-,21-/m0/s1.